The highest BCUT2D eigenvalue weighted by Gasteiger charge is 2.32. The number of carbonyl (C=O) groups is 2. The lowest BCUT2D eigenvalue weighted by Gasteiger charge is -2.13. The summed E-state index contributed by atoms with van der Waals surface area (Å²) in [5, 5.41) is 2.34. The molecule has 0 aliphatic heterocycles. The van der Waals surface area contributed by atoms with E-state index in [2.05, 4.69) is 10.1 Å². The maximum absolute atomic E-state index is 12.4. The molecule has 0 saturated heterocycles. The zero-order valence-corrected chi connectivity index (χ0v) is 14.1. The molecule has 0 heterocycles. The lowest BCUT2D eigenvalue weighted by molar-refractivity contribution is -0.274. The Morgan fingerprint density at radius 2 is 1.65 bits per heavy atom. The summed E-state index contributed by atoms with van der Waals surface area (Å²) < 4.78 is 41.0. The Morgan fingerprint density at radius 1 is 1.00 bits per heavy atom. The van der Waals surface area contributed by atoms with Crippen molar-refractivity contribution in [2.45, 2.75) is 32.5 Å². The number of anilines is 1. The molecule has 0 aromatic heterocycles. The van der Waals surface area contributed by atoms with Crippen molar-refractivity contribution >= 4 is 17.4 Å². The van der Waals surface area contributed by atoms with Crippen molar-refractivity contribution in [3.8, 4) is 5.75 Å². The number of hydrogen-bond donors (Lipinski definition) is 1. The van der Waals surface area contributed by atoms with Crippen LogP contribution in [0.4, 0.5) is 18.9 Å². The van der Waals surface area contributed by atoms with Crippen LogP contribution in [-0.4, -0.2) is 18.1 Å². The largest absolute Gasteiger partial charge is 0.573 e. The molecule has 0 radical (unpaired) electrons. The molecule has 138 valence electrons. The van der Waals surface area contributed by atoms with E-state index in [4.69, 9.17) is 0 Å². The van der Waals surface area contributed by atoms with Crippen molar-refractivity contribution in [3.63, 3.8) is 0 Å². The molecule has 0 fully saturated rings. The third-order valence-corrected chi connectivity index (χ3v) is 3.65. The summed E-state index contributed by atoms with van der Waals surface area (Å²) in [4.78, 5) is 24.1. The Morgan fingerprint density at radius 3 is 2.27 bits per heavy atom. The first-order valence-electron chi connectivity index (χ1n) is 8.05. The second-order valence-electron chi connectivity index (χ2n) is 5.57. The maximum Gasteiger partial charge on any atom is 0.573 e. The molecule has 0 spiro atoms. The lowest BCUT2D eigenvalue weighted by atomic mass is 10.0. The fraction of sp³-hybridized carbons (Fsp3) is 0.263. The molecular weight excluding hydrogens is 347 g/mol. The highest BCUT2D eigenvalue weighted by Crippen LogP contribution is 2.30. The molecule has 1 N–H and O–H groups in total. The summed E-state index contributed by atoms with van der Waals surface area (Å²) in [5.41, 5.74) is 1.49. The quantitative estimate of drug-likeness (QED) is 0.721. The van der Waals surface area contributed by atoms with Crippen LogP contribution in [0.1, 0.15) is 35.7 Å². The normalized spacial score (nSPS) is 11.1. The van der Waals surface area contributed by atoms with Gasteiger partial charge in [0.15, 0.2) is 11.5 Å². The first kappa shape index (κ1) is 19.5. The van der Waals surface area contributed by atoms with Crippen LogP contribution >= 0.6 is 0 Å². The van der Waals surface area contributed by atoms with Gasteiger partial charge in [-0.25, -0.2) is 0 Å². The van der Waals surface area contributed by atoms with Gasteiger partial charge in [0, 0.05) is 18.4 Å². The Labute approximate surface area is 149 Å². The number of nitrogens with one attached hydrogen (secondary N) is 1. The SMILES string of the molecule is CCc1ccc(C(=O)CCC(=O)Nc2ccccc2OC(F)(F)F)cc1. The van der Waals surface area contributed by atoms with Crippen LogP contribution in [0.15, 0.2) is 48.5 Å². The zero-order valence-electron chi connectivity index (χ0n) is 14.1. The molecule has 0 bridgehead atoms. The fourth-order valence-electron chi connectivity index (χ4n) is 2.29. The smallest absolute Gasteiger partial charge is 0.404 e. The van der Waals surface area contributed by atoms with Gasteiger partial charge in [-0.2, -0.15) is 0 Å². The molecule has 0 atom stereocenters. The van der Waals surface area contributed by atoms with Crippen LogP contribution in [0.25, 0.3) is 0 Å². The van der Waals surface area contributed by atoms with E-state index >= 15 is 0 Å². The highest BCUT2D eigenvalue weighted by atomic mass is 19.4. The molecule has 0 aliphatic carbocycles. The van der Waals surface area contributed by atoms with Crippen molar-refractivity contribution in [2.75, 3.05) is 5.32 Å². The van der Waals surface area contributed by atoms with Crippen molar-refractivity contribution in [1.82, 2.24) is 0 Å². The number of para-hydroxylation sites is 2. The lowest BCUT2D eigenvalue weighted by Crippen LogP contribution is -2.19. The van der Waals surface area contributed by atoms with E-state index in [0.29, 0.717) is 5.56 Å². The van der Waals surface area contributed by atoms with E-state index in [0.717, 1.165) is 18.1 Å². The first-order chi connectivity index (χ1) is 12.3. The predicted octanol–water partition coefficient (Wildman–Crippen LogP) is 4.75. The maximum atomic E-state index is 12.4. The average molecular weight is 365 g/mol. The number of aryl methyl sites for hydroxylation is 1. The van der Waals surface area contributed by atoms with Gasteiger partial charge in [-0.05, 0) is 24.1 Å². The Balaban J connectivity index is 1.93. The van der Waals surface area contributed by atoms with E-state index in [-0.39, 0.29) is 24.3 Å². The third kappa shape index (κ3) is 5.91. The molecule has 1 amide bonds. The number of Topliss-reactive ketones (excluding diaryl/α,β-unsaturated/α-hetero) is 1. The molecule has 4 nitrogen and oxygen atoms in total. The van der Waals surface area contributed by atoms with Crippen LogP contribution < -0.4 is 10.1 Å². The summed E-state index contributed by atoms with van der Waals surface area (Å²) in [6.45, 7) is 2.00. The summed E-state index contributed by atoms with van der Waals surface area (Å²) >= 11 is 0. The number of amides is 1. The molecule has 26 heavy (non-hydrogen) atoms. The number of ether oxygens (including phenoxy) is 1. The Bertz CT molecular complexity index is 770. The van der Waals surface area contributed by atoms with E-state index in [1.807, 2.05) is 19.1 Å². The minimum atomic E-state index is -4.86. The fourth-order valence-corrected chi connectivity index (χ4v) is 2.29. The average Bonchev–Trinajstić information content (AvgIpc) is 2.60. The molecule has 0 unspecified atom stereocenters. The van der Waals surface area contributed by atoms with Gasteiger partial charge < -0.3 is 10.1 Å². The van der Waals surface area contributed by atoms with Gasteiger partial charge in [-0.15, -0.1) is 13.2 Å². The van der Waals surface area contributed by atoms with E-state index < -0.39 is 18.0 Å². The van der Waals surface area contributed by atoms with Gasteiger partial charge >= 0.3 is 6.36 Å². The van der Waals surface area contributed by atoms with E-state index in [1.54, 1.807) is 12.1 Å². The highest BCUT2D eigenvalue weighted by molar-refractivity contribution is 6.00. The Hall–Kier alpha value is -2.83. The van der Waals surface area contributed by atoms with Gasteiger partial charge in [-0.1, -0.05) is 43.3 Å². The Kier molecular flexibility index (Phi) is 6.38. The topological polar surface area (TPSA) is 55.4 Å². The molecule has 2 aromatic rings. The minimum Gasteiger partial charge on any atom is -0.404 e. The number of carbonyl (C=O) groups excluding carboxylic acids is 2. The zero-order chi connectivity index (χ0) is 19.2. The second kappa shape index (κ2) is 8.51. The predicted molar refractivity (Wildman–Crippen MR) is 91.1 cm³/mol. The van der Waals surface area contributed by atoms with Crippen molar-refractivity contribution in [3.05, 3.63) is 59.7 Å². The van der Waals surface area contributed by atoms with Crippen LogP contribution in [0.3, 0.4) is 0 Å². The van der Waals surface area contributed by atoms with Crippen LogP contribution in [-0.2, 0) is 11.2 Å². The number of ketones is 1. The molecule has 2 rings (SSSR count). The molecule has 2 aromatic carbocycles. The monoisotopic (exact) mass is 365 g/mol. The van der Waals surface area contributed by atoms with Gasteiger partial charge in [0.1, 0.15) is 0 Å². The van der Waals surface area contributed by atoms with Crippen LogP contribution in [0.2, 0.25) is 0 Å². The van der Waals surface area contributed by atoms with Gasteiger partial charge in [-0.3, -0.25) is 9.59 Å². The number of benzene rings is 2. The van der Waals surface area contributed by atoms with Crippen molar-refractivity contribution in [2.24, 2.45) is 0 Å². The third-order valence-electron chi connectivity index (χ3n) is 3.65. The molecule has 7 heteroatoms. The number of hydrogen-bond acceptors (Lipinski definition) is 3. The van der Waals surface area contributed by atoms with Gasteiger partial charge in [0.25, 0.3) is 0 Å². The number of rotatable bonds is 7. The summed E-state index contributed by atoms with van der Waals surface area (Å²) in [7, 11) is 0. The number of alkyl halides is 3. The second-order valence-corrected chi connectivity index (χ2v) is 5.57. The van der Waals surface area contributed by atoms with Crippen LogP contribution in [0.5, 0.6) is 5.75 Å². The van der Waals surface area contributed by atoms with Gasteiger partial charge in [0.2, 0.25) is 5.91 Å². The molecule has 0 aliphatic rings. The summed E-state index contributed by atoms with van der Waals surface area (Å²) in [6.07, 6.45) is -4.19. The van der Waals surface area contributed by atoms with Crippen LogP contribution in [0, 0.1) is 0 Å². The van der Waals surface area contributed by atoms with E-state index in [1.165, 1.54) is 18.2 Å². The summed E-state index contributed by atoms with van der Waals surface area (Å²) in [6, 6.07) is 12.3. The minimum absolute atomic E-state index is 0.0421. The standard InChI is InChI=1S/C19H18F3NO3/c1-2-13-7-9-14(10-8-13)16(24)11-12-18(25)23-15-5-3-4-6-17(15)26-19(20,21)22/h3-10H,2,11-12H2,1H3,(H,23,25). The first-order valence-corrected chi connectivity index (χ1v) is 8.05. The van der Waals surface area contributed by atoms with Crippen molar-refractivity contribution < 1.29 is 27.5 Å². The number of halogens is 3. The molecular formula is C19H18F3NO3. The van der Waals surface area contributed by atoms with E-state index in [9.17, 15) is 22.8 Å². The van der Waals surface area contributed by atoms with Gasteiger partial charge in [0.05, 0.1) is 5.69 Å². The molecule has 0 saturated carbocycles. The van der Waals surface area contributed by atoms with Crippen molar-refractivity contribution in [1.29, 1.82) is 0 Å². The summed E-state index contributed by atoms with van der Waals surface area (Å²) in [5.74, 6) is -1.28.